The average Bonchev–Trinajstić information content (AvgIpc) is 2.62. The van der Waals surface area contributed by atoms with Crippen LogP contribution in [0.25, 0.3) is 0 Å². The van der Waals surface area contributed by atoms with E-state index in [9.17, 15) is 9.59 Å². The van der Waals surface area contributed by atoms with Crippen molar-refractivity contribution in [3.8, 4) is 0 Å². The van der Waals surface area contributed by atoms with Gasteiger partial charge in [0.05, 0.1) is 5.92 Å². The third-order valence-corrected chi connectivity index (χ3v) is 4.53. The summed E-state index contributed by atoms with van der Waals surface area (Å²) in [6.07, 6.45) is 1.24. The van der Waals surface area contributed by atoms with Crippen LogP contribution in [0, 0.1) is 11.8 Å². The molecule has 2 aromatic rings. The fraction of sp³-hybridized carbons (Fsp3) is 0.333. The smallest absolute Gasteiger partial charge is 0.308 e. The molecule has 2 atom stereocenters. The van der Waals surface area contributed by atoms with Crippen molar-refractivity contribution in [3.63, 3.8) is 0 Å². The van der Waals surface area contributed by atoms with Gasteiger partial charge in [-0.1, -0.05) is 60.7 Å². The molecular formula is C21H25NO3. The molecule has 0 radical (unpaired) electrons. The van der Waals surface area contributed by atoms with Crippen LogP contribution in [-0.4, -0.2) is 23.0 Å². The summed E-state index contributed by atoms with van der Waals surface area (Å²) < 4.78 is 0. The number of rotatable bonds is 8. The van der Waals surface area contributed by atoms with E-state index in [2.05, 4.69) is 5.32 Å². The standard InChI is InChI=1S/C21H25NO3/c1-15(21(24)25)16(2)22-20(23)19(13-17-9-5-3-6-10-17)14-18-11-7-4-8-12-18/h3-12,15-16,19H,13-14H2,1-2H3,(H,22,23)(H,24,25). The number of amides is 1. The molecule has 0 fully saturated rings. The van der Waals surface area contributed by atoms with Crippen molar-refractivity contribution in [1.82, 2.24) is 5.32 Å². The quantitative estimate of drug-likeness (QED) is 0.775. The van der Waals surface area contributed by atoms with Crippen molar-refractivity contribution >= 4 is 11.9 Å². The lowest BCUT2D eigenvalue weighted by molar-refractivity contribution is -0.142. The van der Waals surface area contributed by atoms with Gasteiger partial charge in [0.15, 0.2) is 0 Å². The molecule has 2 N–H and O–H groups in total. The molecule has 2 aromatic carbocycles. The highest BCUT2D eigenvalue weighted by Crippen LogP contribution is 2.16. The van der Waals surface area contributed by atoms with Crippen LogP contribution in [0.5, 0.6) is 0 Å². The number of carboxylic acids is 1. The Bertz CT molecular complexity index is 643. The molecule has 0 saturated heterocycles. The second kappa shape index (κ2) is 9.02. The average molecular weight is 339 g/mol. The molecule has 0 aromatic heterocycles. The van der Waals surface area contributed by atoms with E-state index in [0.29, 0.717) is 12.8 Å². The first-order valence-electron chi connectivity index (χ1n) is 8.58. The predicted octanol–water partition coefficient (Wildman–Crippen LogP) is 3.31. The summed E-state index contributed by atoms with van der Waals surface area (Å²) in [5.74, 6) is -1.88. The molecule has 0 bridgehead atoms. The van der Waals surface area contributed by atoms with E-state index in [0.717, 1.165) is 11.1 Å². The van der Waals surface area contributed by atoms with Crippen molar-refractivity contribution in [2.24, 2.45) is 11.8 Å². The molecule has 132 valence electrons. The lowest BCUT2D eigenvalue weighted by atomic mass is 9.91. The summed E-state index contributed by atoms with van der Waals surface area (Å²) in [5.41, 5.74) is 2.19. The van der Waals surface area contributed by atoms with Crippen molar-refractivity contribution in [1.29, 1.82) is 0 Å². The van der Waals surface area contributed by atoms with Crippen molar-refractivity contribution in [2.75, 3.05) is 0 Å². The van der Waals surface area contributed by atoms with E-state index in [1.807, 2.05) is 60.7 Å². The molecule has 0 aliphatic carbocycles. The van der Waals surface area contributed by atoms with Gasteiger partial charge in [-0.2, -0.15) is 0 Å². The molecule has 2 unspecified atom stereocenters. The number of nitrogens with one attached hydrogen (secondary N) is 1. The molecule has 0 aliphatic rings. The van der Waals surface area contributed by atoms with Crippen LogP contribution < -0.4 is 5.32 Å². The Labute approximate surface area is 148 Å². The maximum atomic E-state index is 12.8. The number of carbonyl (C=O) groups excluding carboxylic acids is 1. The fourth-order valence-corrected chi connectivity index (χ4v) is 2.74. The van der Waals surface area contributed by atoms with E-state index in [1.165, 1.54) is 0 Å². The molecule has 25 heavy (non-hydrogen) atoms. The largest absolute Gasteiger partial charge is 0.481 e. The Morgan fingerprint density at radius 1 is 0.880 bits per heavy atom. The van der Waals surface area contributed by atoms with Gasteiger partial charge in [0.25, 0.3) is 0 Å². The van der Waals surface area contributed by atoms with E-state index >= 15 is 0 Å². The van der Waals surface area contributed by atoms with Crippen molar-refractivity contribution in [2.45, 2.75) is 32.7 Å². The highest BCUT2D eigenvalue weighted by Gasteiger charge is 2.25. The van der Waals surface area contributed by atoms with Crippen molar-refractivity contribution < 1.29 is 14.7 Å². The highest BCUT2D eigenvalue weighted by atomic mass is 16.4. The minimum atomic E-state index is -0.907. The Kier molecular flexibility index (Phi) is 6.75. The highest BCUT2D eigenvalue weighted by molar-refractivity contribution is 5.80. The molecule has 1 amide bonds. The SMILES string of the molecule is CC(NC(=O)C(Cc1ccccc1)Cc1ccccc1)C(C)C(=O)O. The molecule has 0 heterocycles. The topological polar surface area (TPSA) is 66.4 Å². The summed E-state index contributed by atoms with van der Waals surface area (Å²) in [6, 6.07) is 19.4. The number of carbonyl (C=O) groups is 2. The molecule has 0 spiro atoms. The Morgan fingerprint density at radius 3 is 1.72 bits per heavy atom. The van der Waals surface area contributed by atoms with E-state index in [4.69, 9.17) is 5.11 Å². The maximum Gasteiger partial charge on any atom is 0.308 e. The van der Waals surface area contributed by atoms with Gasteiger partial charge < -0.3 is 10.4 Å². The summed E-state index contributed by atoms with van der Waals surface area (Å²) >= 11 is 0. The van der Waals surface area contributed by atoms with Gasteiger partial charge in [-0.15, -0.1) is 0 Å². The van der Waals surface area contributed by atoms with Crippen LogP contribution in [0.15, 0.2) is 60.7 Å². The van der Waals surface area contributed by atoms with E-state index in [1.54, 1.807) is 13.8 Å². The first-order valence-corrected chi connectivity index (χ1v) is 8.58. The number of aliphatic carboxylic acids is 1. The minimum Gasteiger partial charge on any atom is -0.481 e. The maximum absolute atomic E-state index is 12.8. The van der Waals surface area contributed by atoms with Gasteiger partial charge in [-0.25, -0.2) is 0 Å². The first kappa shape index (κ1) is 18.7. The predicted molar refractivity (Wildman–Crippen MR) is 98.2 cm³/mol. The minimum absolute atomic E-state index is 0.103. The zero-order valence-corrected chi connectivity index (χ0v) is 14.7. The summed E-state index contributed by atoms with van der Waals surface area (Å²) in [4.78, 5) is 23.9. The van der Waals surface area contributed by atoms with Crippen LogP contribution >= 0.6 is 0 Å². The summed E-state index contributed by atoms with van der Waals surface area (Å²) in [6.45, 7) is 3.34. The third-order valence-electron chi connectivity index (χ3n) is 4.53. The normalized spacial score (nSPS) is 13.2. The number of hydrogen-bond acceptors (Lipinski definition) is 2. The summed E-state index contributed by atoms with van der Waals surface area (Å²) in [5, 5.41) is 12.0. The van der Waals surface area contributed by atoms with E-state index in [-0.39, 0.29) is 11.8 Å². The second-order valence-electron chi connectivity index (χ2n) is 6.50. The Balaban J connectivity index is 2.12. The van der Waals surface area contributed by atoms with Gasteiger partial charge in [-0.3, -0.25) is 9.59 Å². The van der Waals surface area contributed by atoms with Crippen LogP contribution in [0.2, 0.25) is 0 Å². The second-order valence-corrected chi connectivity index (χ2v) is 6.50. The molecule has 0 aliphatic heterocycles. The van der Waals surface area contributed by atoms with Gasteiger partial charge in [0.1, 0.15) is 0 Å². The lowest BCUT2D eigenvalue weighted by Crippen LogP contribution is -2.43. The molecule has 2 rings (SSSR count). The third kappa shape index (κ3) is 5.75. The number of benzene rings is 2. The molecule has 4 nitrogen and oxygen atoms in total. The molecule has 4 heteroatoms. The van der Waals surface area contributed by atoms with Crippen LogP contribution in [-0.2, 0) is 22.4 Å². The van der Waals surface area contributed by atoms with Gasteiger partial charge in [0, 0.05) is 12.0 Å². The summed E-state index contributed by atoms with van der Waals surface area (Å²) in [7, 11) is 0. The van der Waals surface area contributed by atoms with E-state index < -0.39 is 17.9 Å². The van der Waals surface area contributed by atoms with Crippen LogP contribution in [0.4, 0.5) is 0 Å². The fourth-order valence-electron chi connectivity index (χ4n) is 2.74. The Morgan fingerprint density at radius 2 is 1.32 bits per heavy atom. The van der Waals surface area contributed by atoms with Crippen LogP contribution in [0.1, 0.15) is 25.0 Å². The van der Waals surface area contributed by atoms with Gasteiger partial charge in [-0.05, 0) is 37.8 Å². The first-order chi connectivity index (χ1) is 12.0. The monoisotopic (exact) mass is 339 g/mol. The number of carboxylic acid groups (broad SMARTS) is 1. The Hall–Kier alpha value is -2.62. The molecule has 0 saturated carbocycles. The van der Waals surface area contributed by atoms with Gasteiger partial charge in [0.2, 0.25) is 5.91 Å². The number of hydrogen-bond donors (Lipinski definition) is 2. The molecular weight excluding hydrogens is 314 g/mol. The zero-order valence-electron chi connectivity index (χ0n) is 14.7. The zero-order chi connectivity index (χ0) is 18.2. The van der Waals surface area contributed by atoms with Crippen molar-refractivity contribution in [3.05, 3.63) is 71.8 Å². The lowest BCUT2D eigenvalue weighted by Gasteiger charge is -2.23. The van der Waals surface area contributed by atoms with Gasteiger partial charge >= 0.3 is 5.97 Å². The van der Waals surface area contributed by atoms with Crippen LogP contribution in [0.3, 0.4) is 0 Å².